The zero-order chi connectivity index (χ0) is 38.7. The number of unbranched alkanes of at least 4 members (excludes halogenated alkanes) is 7. The van der Waals surface area contributed by atoms with Gasteiger partial charge in [-0.15, -0.1) is 0 Å². The largest absolute Gasteiger partial charge is 0.309 e. The molecule has 0 bridgehead atoms. The molecule has 5 aromatic rings. The number of nitrogens with zero attached hydrogens (tertiary/aromatic N) is 1. The summed E-state index contributed by atoms with van der Waals surface area (Å²) in [4.78, 5) is 2.28. The second-order valence-corrected chi connectivity index (χ2v) is 19.3. The average molecular weight is 757 g/mol. The van der Waals surface area contributed by atoms with Crippen LogP contribution in [0.25, 0.3) is 11.1 Å². The second-order valence-electron chi connectivity index (χ2n) is 15.7. The fraction of sp³-hybridized carbons (Fsp3) is 0.296. The molecule has 0 amide bonds. The van der Waals surface area contributed by atoms with E-state index in [1.807, 2.05) is 0 Å². The van der Waals surface area contributed by atoms with Crippen LogP contribution in [0.2, 0.25) is 0 Å². The van der Waals surface area contributed by atoms with E-state index in [0.717, 1.165) is 19.4 Å². The highest BCUT2D eigenvalue weighted by Gasteiger charge is 2.44. The van der Waals surface area contributed by atoms with Gasteiger partial charge in [0.15, 0.2) is 0 Å². The van der Waals surface area contributed by atoms with Crippen molar-refractivity contribution in [2.24, 2.45) is 5.92 Å². The number of allylic oxidation sites excluding steroid dienone is 8. The van der Waals surface area contributed by atoms with Gasteiger partial charge in [-0.1, -0.05) is 178 Å². The Morgan fingerprint density at radius 1 is 0.500 bits per heavy atom. The highest BCUT2D eigenvalue weighted by Crippen LogP contribution is 2.56. The summed E-state index contributed by atoms with van der Waals surface area (Å²) >= 11 is 0. The van der Waals surface area contributed by atoms with Crippen LogP contribution in [-0.2, 0) is 0 Å². The molecule has 1 atom stereocenters. The number of rotatable bonds is 21. The molecule has 1 aliphatic carbocycles. The van der Waals surface area contributed by atoms with Gasteiger partial charge >= 0.3 is 0 Å². The SMILES string of the molecule is CN(C)CCCC1=CC=CC(/C(=C(/CCCCCCCCCC[P+](c2ccccc2)(c2ccccc2)c2ccccc2)c2ccccc2)c2ccccc2)C=C1. The van der Waals surface area contributed by atoms with E-state index in [1.54, 1.807) is 0 Å². The van der Waals surface area contributed by atoms with Crippen molar-refractivity contribution >= 4 is 34.3 Å². The van der Waals surface area contributed by atoms with Gasteiger partial charge in [-0.05, 0) is 123 Å². The van der Waals surface area contributed by atoms with E-state index in [2.05, 4.69) is 201 Å². The van der Waals surface area contributed by atoms with E-state index in [1.165, 1.54) is 108 Å². The molecule has 56 heavy (non-hydrogen) atoms. The lowest BCUT2D eigenvalue weighted by Crippen LogP contribution is -2.33. The molecule has 6 rings (SSSR count). The molecule has 0 N–H and O–H groups in total. The quantitative estimate of drug-likeness (QED) is 0.0409. The summed E-state index contributed by atoms with van der Waals surface area (Å²) in [5.74, 6) is 0.238. The van der Waals surface area contributed by atoms with Crippen molar-refractivity contribution in [2.75, 3.05) is 26.8 Å². The lowest BCUT2D eigenvalue weighted by molar-refractivity contribution is 0.400. The molecule has 0 saturated carbocycles. The van der Waals surface area contributed by atoms with Crippen molar-refractivity contribution in [2.45, 2.75) is 70.6 Å². The lowest BCUT2D eigenvalue weighted by Gasteiger charge is -2.27. The van der Waals surface area contributed by atoms with Gasteiger partial charge in [-0.2, -0.15) is 0 Å². The number of hydrogen-bond donors (Lipinski definition) is 0. The lowest BCUT2D eigenvalue weighted by atomic mass is 9.83. The third-order valence-corrected chi connectivity index (χ3v) is 15.9. The molecule has 5 aromatic carbocycles. The minimum Gasteiger partial charge on any atom is -0.309 e. The molecule has 1 nitrogen and oxygen atoms in total. The summed E-state index contributed by atoms with van der Waals surface area (Å²) in [5.41, 5.74) is 7.06. The Kier molecular flexibility index (Phi) is 16.3. The average Bonchev–Trinajstić information content (AvgIpc) is 3.49. The van der Waals surface area contributed by atoms with Crippen molar-refractivity contribution in [3.05, 3.63) is 199 Å². The fourth-order valence-electron chi connectivity index (χ4n) is 8.46. The summed E-state index contributed by atoms with van der Waals surface area (Å²) in [7, 11) is 2.59. The molecule has 0 spiro atoms. The van der Waals surface area contributed by atoms with E-state index in [-0.39, 0.29) is 5.92 Å². The van der Waals surface area contributed by atoms with Crippen LogP contribution >= 0.6 is 7.26 Å². The van der Waals surface area contributed by atoms with Crippen LogP contribution in [0.5, 0.6) is 0 Å². The summed E-state index contributed by atoms with van der Waals surface area (Å²) in [5, 5.41) is 4.50. The maximum atomic E-state index is 2.45. The Balaban J connectivity index is 1.06. The van der Waals surface area contributed by atoms with E-state index < -0.39 is 7.26 Å². The van der Waals surface area contributed by atoms with Gasteiger partial charge in [-0.3, -0.25) is 0 Å². The van der Waals surface area contributed by atoms with Gasteiger partial charge in [0, 0.05) is 5.92 Å². The van der Waals surface area contributed by atoms with Crippen molar-refractivity contribution in [3.8, 4) is 0 Å². The molecule has 0 saturated heterocycles. The predicted octanol–water partition coefficient (Wildman–Crippen LogP) is 13.1. The highest BCUT2D eigenvalue weighted by molar-refractivity contribution is 7.95. The number of hydrogen-bond acceptors (Lipinski definition) is 1. The Morgan fingerprint density at radius 3 is 1.48 bits per heavy atom. The summed E-state index contributed by atoms with van der Waals surface area (Å²) < 4.78 is 0. The molecule has 0 aromatic heterocycles. The van der Waals surface area contributed by atoms with Gasteiger partial charge in [0.1, 0.15) is 23.2 Å². The fourth-order valence-corrected chi connectivity index (χ4v) is 12.9. The van der Waals surface area contributed by atoms with Gasteiger partial charge in [0.25, 0.3) is 0 Å². The Hall–Kier alpha value is -4.55. The van der Waals surface area contributed by atoms with Crippen molar-refractivity contribution < 1.29 is 0 Å². The Bertz CT molecular complexity index is 1880. The molecule has 1 aliphatic rings. The molecule has 1 unspecified atom stereocenters. The van der Waals surface area contributed by atoms with Crippen molar-refractivity contribution in [1.82, 2.24) is 4.90 Å². The van der Waals surface area contributed by atoms with E-state index >= 15 is 0 Å². The minimum absolute atomic E-state index is 0.238. The molecule has 0 heterocycles. The van der Waals surface area contributed by atoms with E-state index in [9.17, 15) is 0 Å². The van der Waals surface area contributed by atoms with Gasteiger partial charge in [0.2, 0.25) is 0 Å². The Labute approximate surface area is 339 Å². The zero-order valence-corrected chi connectivity index (χ0v) is 34.9. The summed E-state index contributed by atoms with van der Waals surface area (Å²) in [6.45, 7) is 1.12. The van der Waals surface area contributed by atoms with Gasteiger partial charge in [0.05, 0.1) is 6.16 Å². The van der Waals surface area contributed by atoms with Crippen LogP contribution < -0.4 is 15.9 Å². The summed E-state index contributed by atoms with van der Waals surface area (Å²) in [6.07, 6.45) is 26.8. The molecule has 0 radical (unpaired) electrons. The topological polar surface area (TPSA) is 3.24 Å². The smallest absolute Gasteiger partial charge is 0.112 e. The first kappa shape index (κ1) is 41.1. The maximum absolute atomic E-state index is 2.45. The first-order valence-electron chi connectivity index (χ1n) is 21.2. The van der Waals surface area contributed by atoms with E-state index in [0.29, 0.717) is 0 Å². The Morgan fingerprint density at radius 2 is 0.964 bits per heavy atom. The maximum Gasteiger partial charge on any atom is 0.112 e. The molecule has 288 valence electrons. The van der Waals surface area contributed by atoms with Crippen LogP contribution in [0.1, 0.15) is 81.8 Å². The van der Waals surface area contributed by atoms with Crippen LogP contribution in [0.3, 0.4) is 0 Å². The third-order valence-electron chi connectivity index (χ3n) is 11.3. The predicted molar refractivity (Wildman–Crippen MR) is 249 cm³/mol. The van der Waals surface area contributed by atoms with Gasteiger partial charge in [-0.25, -0.2) is 0 Å². The van der Waals surface area contributed by atoms with Crippen LogP contribution in [-0.4, -0.2) is 31.7 Å². The van der Waals surface area contributed by atoms with Crippen LogP contribution in [0, 0.1) is 5.92 Å². The van der Waals surface area contributed by atoms with Gasteiger partial charge < -0.3 is 4.90 Å². The summed E-state index contributed by atoms with van der Waals surface area (Å²) in [6, 6.07) is 56.4. The van der Waals surface area contributed by atoms with Crippen LogP contribution in [0.15, 0.2) is 188 Å². The standard InChI is InChI=1S/C54H63NP/c1-55(2)44-27-29-46-28-26-34-49(43-42-46)54(48-32-16-10-17-33-48)53(47-30-14-9-15-31-47)41-24-7-5-3-4-6-8-25-45-56(50-35-18-11-19-36-50,51-37-20-12-21-38-51)52-39-22-13-23-40-52/h9-23,26,28,30-40,42-43,49H,3-8,24-25,27,29,41,44-45H2,1-2H3/q+1/b54-53-. The van der Waals surface area contributed by atoms with Crippen molar-refractivity contribution in [3.63, 3.8) is 0 Å². The molecule has 2 heteroatoms. The number of benzene rings is 5. The highest BCUT2D eigenvalue weighted by atomic mass is 31.2. The first-order chi connectivity index (χ1) is 27.6. The first-order valence-corrected chi connectivity index (χ1v) is 23.2. The monoisotopic (exact) mass is 756 g/mol. The molecular formula is C54H63NP+. The molecule has 0 aliphatic heterocycles. The minimum atomic E-state index is -1.73. The molecule has 0 fully saturated rings. The van der Waals surface area contributed by atoms with Crippen LogP contribution in [0.4, 0.5) is 0 Å². The zero-order valence-electron chi connectivity index (χ0n) is 34.0. The normalized spacial score (nSPS) is 14.7. The van der Waals surface area contributed by atoms with Crippen molar-refractivity contribution in [1.29, 1.82) is 0 Å². The second kappa shape index (κ2) is 22.3. The molecular weight excluding hydrogens is 694 g/mol. The third kappa shape index (κ3) is 11.5. The van der Waals surface area contributed by atoms with E-state index in [4.69, 9.17) is 0 Å².